The SMILES string of the molecule is FC(F)Oc1ccc(-c2nnc(C34CC5CC(C3)CC(n3cnc(Cl)n3)(C5)C4)o2)cc1. The molecule has 4 bridgehead atoms. The lowest BCUT2D eigenvalue weighted by molar-refractivity contribution is -0.0772. The minimum atomic E-state index is -2.86. The van der Waals surface area contributed by atoms with Crippen LogP contribution in [-0.2, 0) is 11.0 Å². The fourth-order valence-corrected chi connectivity index (χ4v) is 6.66. The lowest BCUT2D eigenvalue weighted by atomic mass is 9.47. The zero-order valence-corrected chi connectivity index (χ0v) is 17.3. The first kappa shape index (κ1) is 19.2. The third-order valence-electron chi connectivity index (χ3n) is 7.19. The molecule has 4 fully saturated rings. The number of hydrogen-bond acceptors (Lipinski definition) is 6. The van der Waals surface area contributed by atoms with Crippen LogP contribution in [0.25, 0.3) is 11.5 Å². The summed E-state index contributed by atoms with van der Waals surface area (Å²) < 4.78 is 37.3. The van der Waals surface area contributed by atoms with E-state index in [2.05, 4.69) is 25.0 Å². The molecule has 2 heterocycles. The van der Waals surface area contributed by atoms with Gasteiger partial charge >= 0.3 is 6.61 Å². The van der Waals surface area contributed by atoms with Gasteiger partial charge in [-0.1, -0.05) is 0 Å². The standard InChI is InChI=1S/C21H20ClF2N5O2/c22-18-25-11-29(28-18)21-8-12-5-13(9-21)7-20(6-12,10-21)17-27-26-16(31-17)14-1-3-15(4-2-14)30-19(23)24/h1-4,11-13,19H,5-10H2. The van der Waals surface area contributed by atoms with Gasteiger partial charge in [-0.05, 0) is 86.2 Å². The third kappa shape index (κ3) is 3.12. The molecule has 7 nitrogen and oxygen atoms in total. The topological polar surface area (TPSA) is 78.9 Å². The van der Waals surface area contributed by atoms with E-state index in [9.17, 15) is 8.78 Å². The first-order valence-electron chi connectivity index (χ1n) is 10.4. The Morgan fingerprint density at radius 2 is 1.84 bits per heavy atom. The number of benzene rings is 1. The van der Waals surface area contributed by atoms with E-state index in [1.165, 1.54) is 18.6 Å². The summed E-state index contributed by atoms with van der Waals surface area (Å²) in [6.07, 6.45) is 8.02. The van der Waals surface area contributed by atoms with E-state index < -0.39 is 6.61 Å². The maximum Gasteiger partial charge on any atom is 0.387 e. The van der Waals surface area contributed by atoms with E-state index >= 15 is 0 Å². The van der Waals surface area contributed by atoms with Gasteiger partial charge in [0.2, 0.25) is 17.1 Å². The minimum absolute atomic E-state index is 0.0907. The molecule has 0 saturated heterocycles. The molecule has 0 N–H and O–H groups in total. The molecule has 10 heteroatoms. The van der Waals surface area contributed by atoms with Crippen LogP contribution >= 0.6 is 11.6 Å². The van der Waals surface area contributed by atoms with Gasteiger partial charge in [0.05, 0.1) is 11.0 Å². The molecule has 4 aliphatic rings. The highest BCUT2D eigenvalue weighted by Crippen LogP contribution is 2.64. The van der Waals surface area contributed by atoms with Crippen molar-refractivity contribution in [1.29, 1.82) is 0 Å². The van der Waals surface area contributed by atoms with Crippen LogP contribution in [0, 0.1) is 11.8 Å². The molecule has 0 spiro atoms. The zero-order chi connectivity index (χ0) is 21.2. The third-order valence-corrected chi connectivity index (χ3v) is 7.36. The van der Waals surface area contributed by atoms with Crippen molar-refractivity contribution in [3.05, 3.63) is 41.8 Å². The summed E-state index contributed by atoms with van der Waals surface area (Å²) in [5, 5.41) is 13.4. The lowest BCUT2D eigenvalue weighted by Gasteiger charge is -2.60. The normalized spacial score (nSPS) is 31.5. The van der Waals surface area contributed by atoms with Crippen LogP contribution < -0.4 is 4.74 Å². The molecule has 2 unspecified atom stereocenters. The van der Waals surface area contributed by atoms with Crippen LogP contribution in [0.15, 0.2) is 35.0 Å². The Labute approximate surface area is 181 Å². The molecule has 7 rings (SSSR count). The fourth-order valence-electron chi connectivity index (χ4n) is 6.54. The van der Waals surface area contributed by atoms with E-state index in [0.29, 0.717) is 29.2 Å². The summed E-state index contributed by atoms with van der Waals surface area (Å²) in [7, 11) is 0. The molecule has 2 aromatic heterocycles. The van der Waals surface area contributed by atoms with E-state index in [0.717, 1.165) is 32.1 Å². The molecule has 31 heavy (non-hydrogen) atoms. The monoisotopic (exact) mass is 447 g/mol. The van der Waals surface area contributed by atoms with Crippen molar-refractivity contribution < 1.29 is 17.9 Å². The first-order valence-corrected chi connectivity index (χ1v) is 10.8. The van der Waals surface area contributed by atoms with Crippen LogP contribution in [0.5, 0.6) is 5.75 Å². The zero-order valence-electron chi connectivity index (χ0n) is 16.5. The van der Waals surface area contributed by atoms with Crippen LogP contribution in [-0.4, -0.2) is 31.6 Å². The molecular weight excluding hydrogens is 428 g/mol. The second kappa shape index (κ2) is 6.72. The van der Waals surface area contributed by atoms with E-state index in [-0.39, 0.29) is 22.0 Å². The number of aromatic nitrogens is 5. The highest BCUT2D eigenvalue weighted by molar-refractivity contribution is 6.28. The molecule has 0 aliphatic heterocycles. The summed E-state index contributed by atoms with van der Waals surface area (Å²) >= 11 is 6.03. The second-order valence-corrected chi connectivity index (χ2v) is 9.58. The van der Waals surface area contributed by atoms with Gasteiger partial charge in [-0.2, -0.15) is 8.78 Å². The van der Waals surface area contributed by atoms with Crippen molar-refractivity contribution in [3.8, 4) is 17.2 Å². The number of ether oxygens (including phenoxy) is 1. The van der Waals surface area contributed by atoms with Gasteiger partial charge in [0.25, 0.3) is 0 Å². The molecule has 1 aromatic carbocycles. The maximum absolute atomic E-state index is 12.4. The molecule has 4 saturated carbocycles. The lowest BCUT2D eigenvalue weighted by Crippen LogP contribution is -2.58. The van der Waals surface area contributed by atoms with Gasteiger partial charge in [-0.15, -0.1) is 15.3 Å². The molecule has 162 valence electrons. The Bertz CT molecular complexity index is 1100. The van der Waals surface area contributed by atoms with Crippen LogP contribution in [0.3, 0.4) is 0 Å². The average Bonchev–Trinajstić information content (AvgIpc) is 3.37. The molecule has 0 radical (unpaired) electrons. The minimum Gasteiger partial charge on any atom is -0.435 e. The summed E-state index contributed by atoms with van der Waals surface area (Å²) in [5.41, 5.74) is 0.363. The Hall–Kier alpha value is -2.55. The van der Waals surface area contributed by atoms with Crippen LogP contribution in [0.1, 0.15) is 44.4 Å². The second-order valence-electron chi connectivity index (χ2n) is 9.24. The van der Waals surface area contributed by atoms with Crippen molar-refractivity contribution in [2.45, 2.75) is 56.1 Å². The first-order chi connectivity index (χ1) is 14.9. The molecule has 4 aliphatic carbocycles. The van der Waals surface area contributed by atoms with Crippen LogP contribution in [0.4, 0.5) is 8.78 Å². The molecule has 0 amide bonds. The Balaban J connectivity index is 1.32. The molecular formula is C21H20ClF2N5O2. The summed E-state index contributed by atoms with van der Waals surface area (Å²) in [6.45, 7) is -2.86. The van der Waals surface area contributed by atoms with Crippen molar-refractivity contribution in [1.82, 2.24) is 25.0 Å². The highest BCUT2D eigenvalue weighted by Gasteiger charge is 2.61. The van der Waals surface area contributed by atoms with Crippen molar-refractivity contribution in [2.75, 3.05) is 0 Å². The van der Waals surface area contributed by atoms with Crippen molar-refractivity contribution in [2.24, 2.45) is 11.8 Å². The van der Waals surface area contributed by atoms with E-state index in [1.807, 2.05) is 4.68 Å². The smallest absolute Gasteiger partial charge is 0.387 e. The number of halogens is 3. The number of nitrogens with zero attached hydrogens (tertiary/aromatic N) is 5. The predicted molar refractivity (Wildman–Crippen MR) is 106 cm³/mol. The van der Waals surface area contributed by atoms with Crippen molar-refractivity contribution >= 4 is 11.6 Å². The van der Waals surface area contributed by atoms with Crippen LogP contribution in [0.2, 0.25) is 5.28 Å². The van der Waals surface area contributed by atoms with Gasteiger partial charge in [0.15, 0.2) is 0 Å². The molecule has 2 atom stereocenters. The van der Waals surface area contributed by atoms with Gasteiger partial charge in [0, 0.05) is 5.56 Å². The van der Waals surface area contributed by atoms with E-state index in [4.69, 9.17) is 16.0 Å². The Morgan fingerprint density at radius 1 is 1.10 bits per heavy atom. The fraction of sp³-hybridized carbons (Fsp3) is 0.524. The van der Waals surface area contributed by atoms with Gasteiger partial charge in [-0.25, -0.2) is 9.67 Å². The average molecular weight is 448 g/mol. The Kier molecular flexibility index (Phi) is 4.15. The number of hydrogen-bond donors (Lipinski definition) is 0. The summed E-state index contributed by atoms with van der Waals surface area (Å²) in [5.74, 6) is 2.27. The number of rotatable bonds is 5. The predicted octanol–water partition coefficient (Wildman–Crippen LogP) is 4.83. The van der Waals surface area contributed by atoms with Gasteiger partial charge < -0.3 is 9.15 Å². The van der Waals surface area contributed by atoms with Gasteiger partial charge in [-0.3, -0.25) is 0 Å². The largest absolute Gasteiger partial charge is 0.435 e. The quantitative estimate of drug-likeness (QED) is 0.557. The highest BCUT2D eigenvalue weighted by atomic mass is 35.5. The summed E-state index contributed by atoms with van der Waals surface area (Å²) in [4.78, 5) is 4.15. The molecule has 3 aromatic rings. The number of alkyl halides is 2. The summed E-state index contributed by atoms with van der Waals surface area (Å²) in [6, 6.07) is 6.24. The van der Waals surface area contributed by atoms with E-state index in [1.54, 1.807) is 18.5 Å². The maximum atomic E-state index is 12.4. The van der Waals surface area contributed by atoms with Crippen molar-refractivity contribution in [3.63, 3.8) is 0 Å². The van der Waals surface area contributed by atoms with Gasteiger partial charge in [0.1, 0.15) is 12.1 Å². The Morgan fingerprint density at radius 3 is 2.48 bits per heavy atom.